The van der Waals surface area contributed by atoms with Crippen molar-refractivity contribution in [3.63, 3.8) is 0 Å². The lowest BCUT2D eigenvalue weighted by Crippen LogP contribution is -2.05. The van der Waals surface area contributed by atoms with Crippen LogP contribution in [0, 0.1) is 11.8 Å². The topological polar surface area (TPSA) is 102 Å². The van der Waals surface area contributed by atoms with E-state index < -0.39 is 6.10 Å². The summed E-state index contributed by atoms with van der Waals surface area (Å²) in [7, 11) is 0. The van der Waals surface area contributed by atoms with Crippen molar-refractivity contribution in [1.82, 2.24) is 19.6 Å². The van der Waals surface area contributed by atoms with Gasteiger partial charge in [-0.25, -0.2) is 14.5 Å². The SMILES string of the molecule is Nc1nc(C#CC(O)CCc2ccccc2)cn2nc(-c3ccco3)nc12. The summed E-state index contributed by atoms with van der Waals surface area (Å²) in [6, 6.07) is 13.5. The summed E-state index contributed by atoms with van der Waals surface area (Å²) in [5.41, 5.74) is 7.97. The maximum atomic E-state index is 10.1. The predicted molar refractivity (Wildman–Crippen MR) is 101 cm³/mol. The summed E-state index contributed by atoms with van der Waals surface area (Å²) in [5.74, 6) is 6.83. The molecule has 1 unspecified atom stereocenters. The lowest BCUT2D eigenvalue weighted by atomic mass is 10.1. The Bertz CT molecular complexity index is 1110. The van der Waals surface area contributed by atoms with Gasteiger partial charge in [0.25, 0.3) is 0 Å². The number of aryl methyl sites for hydroxylation is 1. The Labute approximate surface area is 155 Å². The minimum Gasteiger partial charge on any atom is -0.461 e. The van der Waals surface area contributed by atoms with E-state index in [2.05, 4.69) is 26.9 Å². The fraction of sp³-hybridized carbons (Fsp3) is 0.150. The zero-order chi connectivity index (χ0) is 18.6. The molecule has 0 spiro atoms. The molecule has 1 aromatic carbocycles. The third-order valence-electron chi connectivity index (χ3n) is 4.00. The Balaban J connectivity index is 1.51. The van der Waals surface area contributed by atoms with Gasteiger partial charge >= 0.3 is 0 Å². The molecule has 3 N–H and O–H groups in total. The number of fused-ring (bicyclic) bond motifs is 1. The van der Waals surface area contributed by atoms with Gasteiger partial charge in [-0.3, -0.25) is 0 Å². The number of nitrogens with zero attached hydrogens (tertiary/aromatic N) is 4. The molecule has 0 aliphatic carbocycles. The second-order valence-corrected chi connectivity index (χ2v) is 6.00. The van der Waals surface area contributed by atoms with Crippen molar-refractivity contribution in [3.8, 4) is 23.4 Å². The number of anilines is 1. The Morgan fingerprint density at radius 1 is 1.15 bits per heavy atom. The largest absolute Gasteiger partial charge is 0.461 e. The zero-order valence-electron chi connectivity index (χ0n) is 14.4. The van der Waals surface area contributed by atoms with Crippen molar-refractivity contribution in [2.45, 2.75) is 18.9 Å². The first-order valence-electron chi connectivity index (χ1n) is 8.49. The second-order valence-electron chi connectivity index (χ2n) is 6.00. The minimum absolute atomic E-state index is 0.214. The standard InChI is InChI=1S/C20H17N5O2/c21-18-20-23-19(17-7-4-12-27-17)24-25(20)13-15(22-18)9-11-16(26)10-8-14-5-2-1-3-6-14/h1-7,12-13,16,26H,8,10H2,(H2,21,22). The monoisotopic (exact) mass is 359 g/mol. The molecule has 4 rings (SSSR count). The smallest absolute Gasteiger partial charge is 0.218 e. The van der Waals surface area contributed by atoms with E-state index in [1.165, 1.54) is 4.52 Å². The first-order chi connectivity index (χ1) is 13.2. The van der Waals surface area contributed by atoms with Crippen molar-refractivity contribution in [2.75, 3.05) is 5.73 Å². The summed E-state index contributed by atoms with van der Waals surface area (Å²) in [6.07, 6.45) is 3.72. The van der Waals surface area contributed by atoms with Crippen LogP contribution in [0.5, 0.6) is 0 Å². The Hall–Kier alpha value is -3.63. The highest BCUT2D eigenvalue weighted by molar-refractivity contribution is 5.63. The van der Waals surface area contributed by atoms with Crippen LogP contribution >= 0.6 is 0 Å². The molecule has 7 nitrogen and oxygen atoms in total. The molecule has 1 atom stereocenters. The molecule has 0 aliphatic heterocycles. The highest BCUT2D eigenvalue weighted by Crippen LogP contribution is 2.18. The Morgan fingerprint density at radius 2 is 2.00 bits per heavy atom. The fourth-order valence-corrected chi connectivity index (χ4v) is 2.66. The van der Waals surface area contributed by atoms with E-state index in [0.717, 1.165) is 12.0 Å². The van der Waals surface area contributed by atoms with Gasteiger partial charge < -0.3 is 15.3 Å². The molecule has 0 aliphatic rings. The van der Waals surface area contributed by atoms with Crippen LogP contribution in [0.3, 0.4) is 0 Å². The average Bonchev–Trinajstić information content (AvgIpc) is 3.35. The molecule has 0 bridgehead atoms. The summed E-state index contributed by atoms with van der Waals surface area (Å²) in [4.78, 5) is 8.55. The molecule has 0 saturated carbocycles. The van der Waals surface area contributed by atoms with E-state index in [-0.39, 0.29) is 5.82 Å². The molecular weight excluding hydrogens is 342 g/mol. The molecule has 7 heteroatoms. The highest BCUT2D eigenvalue weighted by atomic mass is 16.3. The van der Waals surface area contributed by atoms with Gasteiger partial charge in [0.2, 0.25) is 5.82 Å². The molecule has 4 aromatic rings. The first-order valence-corrected chi connectivity index (χ1v) is 8.49. The molecule has 0 radical (unpaired) electrons. The van der Waals surface area contributed by atoms with E-state index in [1.807, 2.05) is 30.3 Å². The molecule has 134 valence electrons. The Morgan fingerprint density at radius 3 is 2.78 bits per heavy atom. The molecule has 0 fully saturated rings. The third kappa shape index (κ3) is 3.81. The molecular formula is C20H17N5O2. The van der Waals surface area contributed by atoms with Crippen LogP contribution in [0.1, 0.15) is 17.7 Å². The third-order valence-corrected chi connectivity index (χ3v) is 4.00. The van der Waals surface area contributed by atoms with E-state index in [4.69, 9.17) is 10.2 Å². The van der Waals surface area contributed by atoms with Gasteiger partial charge in [-0.2, -0.15) is 0 Å². The number of hydrogen-bond acceptors (Lipinski definition) is 6. The number of aromatic nitrogens is 4. The second kappa shape index (κ2) is 7.32. The van der Waals surface area contributed by atoms with Crippen molar-refractivity contribution in [1.29, 1.82) is 0 Å². The molecule has 0 saturated heterocycles. The summed E-state index contributed by atoms with van der Waals surface area (Å²) < 4.78 is 6.82. The van der Waals surface area contributed by atoms with Gasteiger partial charge in [-0.1, -0.05) is 36.3 Å². The van der Waals surface area contributed by atoms with Crippen LogP contribution in [0.25, 0.3) is 17.2 Å². The average molecular weight is 359 g/mol. The maximum Gasteiger partial charge on any atom is 0.218 e. The van der Waals surface area contributed by atoms with E-state index >= 15 is 0 Å². The number of furan rings is 1. The number of rotatable bonds is 4. The summed E-state index contributed by atoms with van der Waals surface area (Å²) in [5, 5.41) is 14.4. The molecule has 3 heterocycles. The van der Waals surface area contributed by atoms with Gasteiger partial charge in [0, 0.05) is 0 Å². The van der Waals surface area contributed by atoms with Gasteiger partial charge in [0.15, 0.2) is 17.2 Å². The van der Waals surface area contributed by atoms with Gasteiger partial charge in [0.1, 0.15) is 11.8 Å². The summed E-state index contributed by atoms with van der Waals surface area (Å²) in [6.45, 7) is 0. The molecule has 0 amide bonds. The fourth-order valence-electron chi connectivity index (χ4n) is 2.66. The van der Waals surface area contributed by atoms with Crippen molar-refractivity contribution in [2.24, 2.45) is 0 Å². The predicted octanol–water partition coefficient (Wildman–Crippen LogP) is 2.31. The number of nitrogens with two attached hydrogens (primary N) is 1. The maximum absolute atomic E-state index is 10.1. The van der Waals surface area contributed by atoms with Crippen molar-refractivity contribution >= 4 is 11.5 Å². The lowest BCUT2D eigenvalue weighted by molar-refractivity contribution is 0.222. The van der Waals surface area contributed by atoms with Gasteiger partial charge in [-0.15, -0.1) is 5.10 Å². The Kier molecular flexibility index (Phi) is 4.56. The van der Waals surface area contributed by atoms with Gasteiger partial charge in [0.05, 0.1) is 12.5 Å². The quantitative estimate of drug-likeness (QED) is 0.542. The van der Waals surface area contributed by atoms with Crippen LogP contribution in [-0.2, 0) is 6.42 Å². The van der Waals surface area contributed by atoms with Crippen molar-refractivity contribution in [3.05, 3.63) is 66.2 Å². The van der Waals surface area contributed by atoms with Gasteiger partial charge in [-0.05, 0) is 36.5 Å². The number of aliphatic hydroxyl groups excluding tert-OH is 1. The van der Waals surface area contributed by atoms with Crippen molar-refractivity contribution < 1.29 is 9.52 Å². The van der Waals surface area contributed by atoms with Crippen LogP contribution in [-0.4, -0.2) is 30.8 Å². The van der Waals surface area contributed by atoms with E-state index in [1.54, 1.807) is 24.6 Å². The highest BCUT2D eigenvalue weighted by Gasteiger charge is 2.12. The summed E-state index contributed by atoms with van der Waals surface area (Å²) >= 11 is 0. The van der Waals surface area contributed by atoms with E-state index in [0.29, 0.717) is 29.3 Å². The zero-order valence-corrected chi connectivity index (χ0v) is 14.4. The number of hydrogen-bond donors (Lipinski definition) is 2. The number of aliphatic hydroxyl groups is 1. The lowest BCUT2D eigenvalue weighted by Gasteiger charge is -2.03. The van der Waals surface area contributed by atoms with Crippen LogP contribution in [0.2, 0.25) is 0 Å². The van der Waals surface area contributed by atoms with Crippen LogP contribution in [0.4, 0.5) is 5.82 Å². The minimum atomic E-state index is -0.752. The number of nitrogen functional groups attached to an aromatic ring is 1. The van der Waals surface area contributed by atoms with E-state index in [9.17, 15) is 5.11 Å². The molecule has 27 heavy (non-hydrogen) atoms. The number of benzene rings is 1. The molecule has 3 aromatic heterocycles. The van der Waals surface area contributed by atoms with Crippen LogP contribution in [0.15, 0.2) is 59.3 Å². The normalized spacial score (nSPS) is 11.9. The first kappa shape index (κ1) is 16.8. The van der Waals surface area contributed by atoms with Crippen LogP contribution < -0.4 is 5.73 Å².